The Bertz CT molecular complexity index is 2000. The number of fused-ring (bicyclic) bond motifs is 6. The molecule has 40 heavy (non-hydrogen) atoms. The average Bonchev–Trinajstić information content (AvgIpc) is 2.98. The van der Waals surface area contributed by atoms with Crippen LogP contribution in [0, 0.1) is 0 Å². The quantitative estimate of drug-likeness (QED) is 0.207. The number of aromatic amines is 2. The van der Waals surface area contributed by atoms with E-state index in [0.717, 1.165) is 54.5 Å². The first-order chi connectivity index (χ1) is 19.1. The molecule has 7 rings (SSSR count). The number of hydrogen-bond donors (Lipinski definition) is 0. The third-order valence-corrected chi connectivity index (χ3v) is 7.00. The minimum absolute atomic E-state index is 0. The molecule has 0 atom stereocenters. The summed E-state index contributed by atoms with van der Waals surface area (Å²) in [7, 11) is 0. The Morgan fingerprint density at radius 1 is 0.575 bits per heavy atom. The Morgan fingerprint density at radius 3 is 1.88 bits per heavy atom. The molecule has 0 bridgehead atoms. The first-order valence-electron chi connectivity index (χ1n) is 12.9. The maximum atomic E-state index is 12.5. The van der Waals surface area contributed by atoms with E-state index in [2.05, 4.69) is 46.4 Å². The molecule has 0 amide bonds. The summed E-state index contributed by atoms with van der Waals surface area (Å²) in [6, 6.07) is 33.3. The van der Waals surface area contributed by atoms with E-state index in [4.69, 9.17) is 0 Å². The van der Waals surface area contributed by atoms with Crippen LogP contribution in [0.25, 0.3) is 60.6 Å². The van der Waals surface area contributed by atoms with Crippen LogP contribution in [0.1, 0.15) is 12.5 Å². The number of aromatic nitrogens is 2. The number of allylic oxidation sites excluding steroid dienone is 1. The Morgan fingerprint density at radius 2 is 1.18 bits per heavy atom. The van der Waals surface area contributed by atoms with Crippen LogP contribution >= 0.6 is 0 Å². The molecule has 2 heterocycles. The SMILES string of the molecule is CC=Cc1ccc(-c2ccc([O-])c3c2ccc2ccc[nH+]c23)cc1.[Be+2].[O-]c1cccc2ccc3ccc[nH+]c3c12. The first-order valence-corrected chi connectivity index (χ1v) is 12.9. The molecule has 0 aliphatic rings. The van der Waals surface area contributed by atoms with Crippen molar-refractivity contribution >= 4 is 59.5 Å². The minimum atomic E-state index is 0. The van der Waals surface area contributed by atoms with Gasteiger partial charge in [0.1, 0.15) is 0 Å². The van der Waals surface area contributed by atoms with Crippen LogP contribution in [0.4, 0.5) is 0 Å². The fourth-order valence-corrected chi connectivity index (χ4v) is 5.17. The Kier molecular flexibility index (Phi) is 7.54. The maximum Gasteiger partial charge on any atom is 2.00 e. The molecule has 0 spiro atoms. The zero-order chi connectivity index (χ0) is 26.8. The molecule has 0 radical (unpaired) electrons. The second-order valence-electron chi connectivity index (χ2n) is 9.41. The monoisotopic (exact) mass is 515 g/mol. The minimum Gasteiger partial charge on any atom is -0.872 e. The molecule has 7 aromatic rings. The molecule has 188 valence electrons. The van der Waals surface area contributed by atoms with E-state index in [-0.39, 0.29) is 21.6 Å². The van der Waals surface area contributed by atoms with Crippen LogP contribution in [-0.4, -0.2) is 10.1 Å². The van der Waals surface area contributed by atoms with Crippen molar-refractivity contribution in [2.75, 3.05) is 0 Å². The van der Waals surface area contributed by atoms with E-state index in [1.54, 1.807) is 18.2 Å². The number of H-pyrrole nitrogens is 2. The fourth-order valence-electron chi connectivity index (χ4n) is 5.17. The fraction of sp³-hybridized carbons (Fsp3) is 0.0286. The van der Waals surface area contributed by atoms with Gasteiger partial charge in [-0.1, -0.05) is 90.4 Å². The van der Waals surface area contributed by atoms with Gasteiger partial charge < -0.3 is 10.2 Å². The number of rotatable bonds is 2. The molecule has 0 aliphatic carbocycles. The topological polar surface area (TPSA) is 74.4 Å². The predicted molar refractivity (Wildman–Crippen MR) is 161 cm³/mol. The molecule has 5 aromatic carbocycles. The second kappa shape index (κ2) is 11.4. The molecule has 5 heteroatoms. The van der Waals surface area contributed by atoms with E-state index in [1.165, 1.54) is 5.56 Å². The Balaban J connectivity index is 0.000000174. The molecule has 0 saturated heterocycles. The maximum absolute atomic E-state index is 12.5. The third kappa shape index (κ3) is 4.89. The summed E-state index contributed by atoms with van der Waals surface area (Å²) in [4.78, 5) is 6.36. The standard InChI is InChI=1S/C22H17NO.C13H9NO.Be/c1-2-4-15-6-8-16(9-7-15)18-12-13-20(24)21-19(18)11-10-17-5-3-14-23-22(17)21;15-11-5-1-3-9-6-7-10-4-2-8-14-13(10)12(9)11;/h2-14,24H,1H3;1-8,15H;/q;;+2. The summed E-state index contributed by atoms with van der Waals surface area (Å²) in [6.45, 7) is 2.01. The van der Waals surface area contributed by atoms with Crippen LogP contribution in [0.5, 0.6) is 11.5 Å². The average molecular weight is 516 g/mol. The van der Waals surface area contributed by atoms with Crippen molar-refractivity contribution in [3.05, 3.63) is 127 Å². The third-order valence-electron chi connectivity index (χ3n) is 7.00. The van der Waals surface area contributed by atoms with Gasteiger partial charge in [0.25, 0.3) is 0 Å². The van der Waals surface area contributed by atoms with Gasteiger partial charge in [-0.25, -0.2) is 9.97 Å². The van der Waals surface area contributed by atoms with Crippen molar-refractivity contribution in [1.82, 2.24) is 0 Å². The van der Waals surface area contributed by atoms with E-state index in [1.807, 2.05) is 80.0 Å². The van der Waals surface area contributed by atoms with Gasteiger partial charge in [0.15, 0.2) is 12.4 Å². The van der Waals surface area contributed by atoms with Crippen LogP contribution in [0.2, 0.25) is 0 Å². The van der Waals surface area contributed by atoms with Gasteiger partial charge in [-0.3, -0.25) is 0 Å². The first kappa shape index (κ1) is 26.6. The van der Waals surface area contributed by atoms with Crippen molar-refractivity contribution < 1.29 is 20.2 Å². The smallest absolute Gasteiger partial charge is 0.872 e. The summed E-state index contributed by atoms with van der Waals surface area (Å²) in [5, 5.41) is 29.9. The molecule has 0 saturated carbocycles. The normalized spacial score (nSPS) is 11.0. The van der Waals surface area contributed by atoms with E-state index < -0.39 is 0 Å². The van der Waals surface area contributed by atoms with E-state index in [0.29, 0.717) is 0 Å². The van der Waals surface area contributed by atoms with Crippen LogP contribution in [-0.2, 0) is 0 Å². The van der Waals surface area contributed by atoms with Gasteiger partial charge in [-0.15, -0.1) is 0 Å². The van der Waals surface area contributed by atoms with Gasteiger partial charge in [0.2, 0.25) is 11.0 Å². The van der Waals surface area contributed by atoms with Crippen molar-refractivity contribution in [2.24, 2.45) is 0 Å². The van der Waals surface area contributed by atoms with E-state index >= 15 is 0 Å². The summed E-state index contributed by atoms with van der Waals surface area (Å²) in [6.07, 6.45) is 7.80. The van der Waals surface area contributed by atoms with Crippen molar-refractivity contribution in [3.63, 3.8) is 0 Å². The zero-order valence-corrected chi connectivity index (χ0v) is 22.1. The molecule has 0 unspecified atom stereocenters. The van der Waals surface area contributed by atoms with Crippen molar-refractivity contribution in [3.8, 4) is 22.6 Å². The Hall–Kier alpha value is -5.05. The molecular formula is C35H26BeN2O2+2. The molecule has 0 fully saturated rings. The summed E-state index contributed by atoms with van der Waals surface area (Å²) in [5.74, 6) is 0.118. The number of hydrogen-bond acceptors (Lipinski definition) is 2. The van der Waals surface area contributed by atoms with Crippen LogP contribution < -0.4 is 20.2 Å². The summed E-state index contributed by atoms with van der Waals surface area (Å²) >= 11 is 0. The van der Waals surface area contributed by atoms with Crippen LogP contribution in [0.15, 0.2) is 122 Å². The van der Waals surface area contributed by atoms with Gasteiger partial charge in [-0.2, -0.15) is 0 Å². The molecular weight excluding hydrogens is 489 g/mol. The number of nitrogens with one attached hydrogen (secondary N) is 2. The number of benzene rings is 5. The molecule has 0 aliphatic heterocycles. The predicted octanol–water partition coefficient (Wildman–Crippen LogP) is 6.08. The van der Waals surface area contributed by atoms with Crippen molar-refractivity contribution in [1.29, 1.82) is 0 Å². The van der Waals surface area contributed by atoms with Crippen LogP contribution in [0.3, 0.4) is 0 Å². The van der Waals surface area contributed by atoms with E-state index in [9.17, 15) is 10.2 Å². The second-order valence-corrected chi connectivity index (χ2v) is 9.41. The van der Waals surface area contributed by atoms with Gasteiger partial charge >= 0.3 is 10.1 Å². The van der Waals surface area contributed by atoms with Gasteiger partial charge in [-0.05, 0) is 58.7 Å². The summed E-state index contributed by atoms with van der Waals surface area (Å²) < 4.78 is 0. The van der Waals surface area contributed by atoms with Gasteiger partial charge in [0, 0.05) is 33.7 Å². The zero-order valence-electron chi connectivity index (χ0n) is 22.1. The summed E-state index contributed by atoms with van der Waals surface area (Å²) in [5.41, 5.74) is 5.18. The largest absolute Gasteiger partial charge is 2.00 e. The molecule has 2 N–H and O–H groups in total. The Labute approximate surface area is 236 Å². The van der Waals surface area contributed by atoms with Gasteiger partial charge in [0.05, 0.1) is 0 Å². The molecule has 2 aromatic heterocycles. The number of pyridine rings is 2. The van der Waals surface area contributed by atoms with Crippen molar-refractivity contribution in [2.45, 2.75) is 6.92 Å². The molecule has 4 nitrogen and oxygen atoms in total.